The first-order valence-corrected chi connectivity index (χ1v) is 19.6. The predicted molar refractivity (Wildman–Crippen MR) is 201 cm³/mol. The van der Waals surface area contributed by atoms with E-state index in [4.69, 9.17) is 30.6 Å². The van der Waals surface area contributed by atoms with Crippen molar-refractivity contribution in [3.8, 4) is 0 Å². The van der Waals surface area contributed by atoms with Gasteiger partial charge in [0.2, 0.25) is 0 Å². The lowest BCUT2D eigenvalue weighted by Gasteiger charge is -2.04. The Morgan fingerprint density at radius 1 is 0.178 bits per heavy atom. The summed E-state index contributed by atoms with van der Waals surface area (Å²) in [7, 11) is 0. The van der Waals surface area contributed by atoms with Crippen molar-refractivity contribution in [1.29, 1.82) is 0 Å². The SMILES string of the molecule is C1CCCCCCCCCCCCCCCCCCCCCCCCCC1.CCO.CCO.CCO.CCO.CCO.CCO. The van der Waals surface area contributed by atoms with Gasteiger partial charge in [0.15, 0.2) is 0 Å². The van der Waals surface area contributed by atoms with Crippen molar-refractivity contribution in [1.82, 2.24) is 0 Å². The van der Waals surface area contributed by atoms with Crippen LogP contribution in [-0.2, 0) is 0 Å². The quantitative estimate of drug-likeness (QED) is 0.155. The van der Waals surface area contributed by atoms with Gasteiger partial charge in [-0.25, -0.2) is 0 Å². The summed E-state index contributed by atoms with van der Waals surface area (Å²) in [5.74, 6) is 0. The molecule has 1 saturated carbocycles. The Balaban J connectivity index is -0.000000174. The first-order valence-electron chi connectivity index (χ1n) is 19.6. The van der Waals surface area contributed by atoms with Crippen molar-refractivity contribution < 1.29 is 30.6 Å². The summed E-state index contributed by atoms with van der Waals surface area (Å²) < 4.78 is 0. The zero-order valence-corrected chi connectivity index (χ0v) is 32.0. The largest absolute Gasteiger partial charge is 0.397 e. The minimum atomic E-state index is 0.250. The molecule has 1 fully saturated rings. The zero-order chi connectivity index (χ0) is 35.3. The molecule has 0 atom stereocenters. The molecule has 6 N–H and O–H groups in total. The molecule has 6 heteroatoms. The van der Waals surface area contributed by atoms with Gasteiger partial charge in [-0.3, -0.25) is 0 Å². The van der Waals surface area contributed by atoms with Crippen molar-refractivity contribution in [3.05, 3.63) is 0 Å². The smallest absolute Gasteiger partial charge is 0.0402 e. The highest BCUT2D eigenvalue weighted by atomic mass is 16.3. The van der Waals surface area contributed by atoms with Crippen LogP contribution in [0.5, 0.6) is 0 Å². The van der Waals surface area contributed by atoms with Crippen LogP contribution in [0.2, 0.25) is 0 Å². The second-order valence-corrected chi connectivity index (χ2v) is 11.4. The van der Waals surface area contributed by atoms with Crippen LogP contribution in [0, 0.1) is 0 Å². The second kappa shape index (κ2) is 74.6. The summed E-state index contributed by atoms with van der Waals surface area (Å²) in [4.78, 5) is 0. The van der Waals surface area contributed by atoms with Crippen LogP contribution in [-0.4, -0.2) is 70.3 Å². The van der Waals surface area contributed by atoms with Crippen LogP contribution >= 0.6 is 0 Å². The topological polar surface area (TPSA) is 121 Å². The van der Waals surface area contributed by atoms with E-state index in [0.29, 0.717) is 0 Å². The molecule has 6 nitrogen and oxygen atoms in total. The minimum absolute atomic E-state index is 0.250. The fourth-order valence-electron chi connectivity index (χ4n) is 4.77. The molecule has 0 unspecified atom stereocenters. The first kappa shape index (κ1) is 57.1. The highest BCUT2D eigenvalue weighted by Gasteiger charge is 1.97. The summed E-state index contributed by atoms with van der Waals surface area (Å²) in [5, 5.41) is 45.4. The lowest BCUT2D eigenvalue weighted by Crippen LogP contribution is -1.84. The van der Waals surface area contributed by atoms with E-state index in [1.807, 2.05) is 0 Å². The van der Waals surface area contributed by atoms with Gasteiger partial charge in [0.1, 0.15) is 0 Å². The minimum Gasteiger partial charge on any atom is -0.397 e. The summed E-state index contributed by atoms with van der Waals surface area (Å²) in [6.45, 7) is 11.6. The second-order valence-electron chi connectivity index (χ2n) is 11.4. The van der Waals surface area contributed by atoms with Crippen molar-refractivity contribution in [3.63, 3.8) is 0 Å². The maximum Gasteiger partial charge on any atom is 0.0402 e. The van der Waals surface area contributed by atoms with Crippen molar-refractivity contribution in [2.75, 3.05) is 39.6 Å². The van der Waals surface area contributed by atoms with E-state index in [9.17, 15) is 0 Å². The molecule has 0 amide bonds. The van der Waals surface area contributed by atoms with Gasteiger partial charge in [-0.15, -0.1) is 0 Å². The lowest BCUT2D eigenvalue weighted by molar-refractivity contribution is 0.318. The number of aliphatic hydroxyl groups is 6. The molecule has 0 saturated heterocycles. The monoisotopic (exact) mass is 655 g/mol. The Kier molecular flexibility index (Phi) is 94.5. The molecule has 1 rings (SSSR count). The van der Waals surface area contributed by atoms with E-state index in [-0.39, 0.29) is 39.6 Å². The molecule has 0 aliphatic heterocycles. The molecule has 0 aromatic carbocycles. The van der Waals surface area contributed by atoms with Gasteiger partial charge in [0.25, 0.3) is 0 Å². The standard InChI is InChI=1S/C27H54.6C2H6O/c1-2-4-6-8-10-12-14-16-18-20-22-24-26-27-25-23-21-19-17-15-13-11-9-7-5-3-1;6*1-2-3/h1-27H2;6*3H,2H2,1H3. The van der Waals surface area contributed by atoms with Crippen LogP contribution in [0.4, 0.5) is 0 Å². The van der Waals surface area contributed by atoms with Crippen LogP contribution in [0.1, 0.15) is 215 Å². The number of hydrogen-bond donors (Lipinski definition) is 6. The van der Waals surface area contributed by atoms with Gasteiger partial charge in [-0.2, -0.15) is 0 Å². The molecular formula is C39H90O6. The number of aliphatic hydroxyl groups excluding tert-OH is 6. The molecule has 0 aromatic rings. The highest BCUT2D eigenvalue weighted by Crippen LogP contribution is 2.17. The molecule has 0 spiro atoms. The summed E-state index contributed by atoms with van der Waals surface area (Å²) in [6.07, 6.45) is 40.5. The average molecular weight is 655 g/mol. The number of hydrogen-bond acceptors (Lipinski definition) is 6. The summed E-state index contributed by atoms with van der Waals surface area (Å²) >= 11 is 0. The fourth-order valence-corrected chi connectivity index (χ4v) is 4.77. The molecule has 0 heterocycles. The molecular weight excluding hydrogens is 564 g/mol. The highest BCUT2D eigenvalue weighted by molar-refractivity contribution is 4.53. The van der Waals surface area contributed by atoms with Crippen molar-refractivity contribution in [2.45, 2.75) is 215 Å². The van der Waals surface area contributed by atoms with E-state index in [1.54, 1.807) is 41.5 Å². The Labute approximate surface area is 284 Å². The molecule has 0 bridgehead atoms. The van der Waals surface area contributed by atoms with Gasteiger partial charge >= 0.3 is 0 Å². The third-order valence-corrected chi connectivity index (χ3v) is 6.75. The maximum atomic E-state index is 7.57. The molecule has 282 valence electrons. The van der Waals surface area contributed by atoms with E-state index in [2.05, 4.69) is 0 Å². The predicted octanol–water partition coefficient (Wildman–Crippen LogP) is 10.5. The van der Waals surface area contributed by atoms with Gasteiger partial charge < -0.3 is 30.6 Å². The molecule has 1 aliphatic rings. The van der Waals surface area contributed by atoms with Gasteiger partial charge in [-0.1, -0.05) is 173 Å². The van der Waals surface area contributed by atoms with Gasteiger partial charge in [0, 0.05) is 39.6 Å². The first-order chi connectivity index (χ1) is 22.0. The summed E-state index contributed by atoms with van der Waals surface area (Å²) in [6, 6.07) is 0. The van der Waals surface area contributed by atoms with Crippen LogP contribution in [0.3, 0.4) is 0 Å². The van der Waals surface area contributed by atoms with Crippen LogP contribution in [0.15, 0.2) is 0 Å². The normalized spacial score (nSPS) is 16.8. The third kappa shape index (κ3) is 107. The molecule has 0 aromatic heterocycles. The maximum absolute atomic E-state index is 7.57. The Morgan fingerprint density at radius 3 is 0.222 bits per heavy atom. The Morgan fingerprint density at radius 2 is 0.200 bits per heavy atom. The summed E-state index contributed by atoms with van der Waals surface area (Å²) in [5.41, 5.74) is 0. The van der Waals surface area contributed by atoms with E-state index in [1.165, 1.54) is 173 Å². The van der Waals surface area contributed by atoms with Crippen LogP contribution in [0.25, 0.3) is 0 Å². The van der Waals surface area contributed by atoms with Crippen LogP contribution < -0.4 is 0 Å². The number of rotatable bonds is 0. The van der Waals surface area contributed by atoms with Gasteiger partial charge in [0.05, 0.1) is 0 Å². The van der Waals surface area contributed by atoms with Gasteiger partial charge in [-0.05, 0) is 41.5 Å². The third-order valence-electron chi connectivity index (χ3n) is 6.75. The van der Waals surface area contributed by atoms with E-state index in [0.717, 1.165) is 0 Å². The van der Waals surface area contributed by atoms with E-state index < -0.39 is 0 Å². The molecule has 1 aliphatic carbocycles. The van der Waals surface area contributed by atoms with Crippen molar-refractivity contribution in [2.24, 2.45) is 0 Å². The fraction of sp³-hybridized carbons (Fsp3) is 1.00. The Bertz CT molecular complexity index is 215. The lowest BCUT2D eigenvalue weighted by atomic mass is 10.0. The van der Waals surface area contributed by atoms with E-state index >= 15 is 0 Å². The van der Waals surface area contributed by atoms with Crippen molar-refractivity contribution >= 4 is 0 Å². The zero-order valence-electron chi connectivity index (χ0n) is 32.0. The average Bonchev–Trinajstić information content (AvgIpc) is 3.00. The Hall–Kier alpha value is -0.240. The molecule has 45 heavy (non-hydrogen) atoms. The molecule has 0 radical (unpaired) electrons.